The maximum Gasteiger partial charge on any atom is 0.279 e. The predicted octanol–water partition coefficient (Wildman–Crippen LogP) is 2.04. The average molecular weight is 305 g/mol. The van der Waals surface area contributed by atoms with E-state index >= 15 is 0 Å². The van der Waals surface area contributed by atoms with Crippen LogP contribution >= 0.6 is 11.3 Å². The summed E-state index contributed by atoms with van der Waals surface area (Å²) in [6.07, 6.45) is 0. The fraction of sp³-hybridized carbons (Fsp3) is 0.0769. The van der Waals surface area contributed by atoms with E-state index in [0.717, 1.165) is 4.88 Å². The minimum absolute atomic E-state index is 0.107. The van der Waals surface area contributed by atoms with Crippen LogP contribution in [0, 0.1) is 17.0 Å². The Morgan fingerprint density at radius 3 is 2.19 bits per heavy atom. The van der Waals surface area contributed by atoms with Gasteiger partial charge < -0.3 is 0 Å². The van der Waals surface area contributed by atoms with Gasteiger partial charge in [0.05, 0.1) is 9.80 Å². The Bertz CT molecular complexity index is 694. The van der Waals surface area contributed by atoms with Gasteiger partial charge in [-0.25, -0.2) is 0 Å². The van der Waals surface area contributed by atoms with E-state index < -0.39 is 16.7 Å². The number of amides is 2. The molecule has 1 heterocycles. The summed E-state index contributed by atoms with van der Waals surface area (Å²) in [6, 6.07) is 8.54. The molecule has 1 aromatic heterocycles. The molecule has 0 unspecified atom stereocenters. The van der Waals surface area contributed by atoms with Crippen LogP contribution in [0.1, 0.15) is 24.9 Å². The van der Waals surface area contributed by atoms with Crippen LogP contribution in [0.2, 0.25) is 0 Å². The molecule has 0 fully saturated rings. The summed E-state index contributed by atoms with van der Waals surface area (Å²) in [5, 5.41) is 10.5. The summed E-state index contributed by atoms with van der Waals surface area (Å²) in [7, 11) is 0. The molecule has 0 radical (unpaired) electrons. The Labute approximate surface area is 123 Å². The van der Waals surface area contributed by atoms with Gasteiger partial charge in [-0.3, -0.25) is 30.6 Å². The number of thiophene rings is 1. The lowest BCUT2D eigenvalue weighted by molar-refractivity contribution is -0.384. The van der Waals surface area contributed by atoms with Crippen molar-refractivity contribution in [1.82, 2.24) is 10.9 Å². The van der Waals surface area contributed by atoms with E-state index in [0.29, 0.717) is 4.88 Å². The fourth-order valence-corrected chi connectivity index (χ4v) is 2.30. The van der Waals surface area contributed by atoms with E-state index in [4.69, 9.17) is 0 Å². The Morgan fingerprint density at radius 2 is 1.67 bits per heavy atom. The van der Waals surface area contributed by atoms with Crippen molar-refractivity contribution in [1.29, 1.82) is 0 Å². The first-order valence-electron chi connectivity index (χ1n) is 5.89. The van der Waals surface area contributed by atoms with Crippen molar-refractivity contribution in [2.24, 2.45) is 0 Å². The van der Waals surface area contributed by atoms with Crippen LogP contribution in [0.15, 0.2) is 36.4 Å². The summed E-state index contributed by atoms with van der Waals surface area (Å²) in [4.78, 5) is 34.9. The van der Waals surface area contributed by atoms with E-state index in [2.05, 4.69) is 10.9 Å². The first-order chi connectivity index (χ1) is 9.97. The molecule has 2 amide bonds. The van der Waals surface area contributed by atoms with Crippen LogP contribution in [0.4, 0.5) is 5.69 Å². The van der Waals surface area contributed by atoms with Crippen LogP contribution in [-0.2, 0) is 0 Å². The number of hydrazine groups is 1. The first kappa shape index (κ1) is 14.7. The predicted molar refractivity (Wildman–Crippen MR) is 77.1 cm³/mol. The summed E-state index contributed by atoms with van der Waals surface area (Å²) in [6.45, 7) is 1.87. The third-order valence-corrected chi connectivity index (χ3v) is 3.59. The van der Waals surface area contributed by atoms with Crippen LogP contribution in [0.5, 0.6) is 0 Å². The molecule has 7 nitrogen and oxygen atoms in total. The smallest absolute Gasteiger partial charge is 0.267 e. The van der Waals surface area contributed by atoms with Gasteiger partial charge in [0.15, 0.2) is 0 Å². The van der Waals surface area contributed by atoms with Crippen molar-refractivity contribution >= 4 is 28.8 Å². The topological polar surface area (TPSA) is 101 Å². The molecule has 2 aromatic rings. The minimum Gasteiger partial charge on any atom is -0.267 e. The molecule has 8 heteroatoms. The van der Waals surface area contributed by atoms with Gasteiger partial charge in [0.1, 0.15) is 0 Å². The largest absolute Gasteiger partial charge is 0.279 e. The number of rotatable bonds is 3. The molecule has 0 saturated heterocycles. The zero-order valence-electron chi connectivity index (χ0n) is 11.0. The Hall–Kier alpha value is -2.74. The first-order valence-corrected chi connectivity index (χ1v) is 6.70. The monoisotopic (exact) mass is 305 g/mol. The van der Waals surface area contributed by atoms with Crippen molar-refractivity contribution in [3.05, 3.63) is 61.8 Å². The highest BCUT2D eigenvalue weighted by Gasteiger charge is 2.12. The van der Waals surface area contributed by atoms with Gasteiger partial charge in [0, 0.05) is 22.6 Å². The van der Waals surface area contributed by atoms with Crippen molar-refractivity contribution in [3.63, 3.8) is 0 Å². The molecule has 2 N–H and O–H groups in total. The molecule has 0 bridgehead atoms. The van der Waals surface area contributed by atoms with Crippen LogP contribution in [-0.4, -0.2) is 16.7 Å². The number of hydrogen-bond donors (Lipinski definition) is 2. The lowest BCUT2D eigenvalue weighted by atomic mass is 10.2. The molecule has 0 saturated carbocycles. The maximum atomic E-state index is 11.8. The Morgan fingerprint density at radius 1 is 1.05 bits per heavy atom. The number of carbonyl (C=O) groups excluding carboxylic acids is 2. The van der Waals surface area contributed by atoms with Crippen LogP contribution in [0.3, 0.4) is 0 Å². The molecular formula is C13H11N3O4S. The van der Waals surface area contributed by atoms with E-state index in [1.165, 1.54) is 35.6 Å². The molecule has 0 aliphatic rings. The zero-order chi connectivity index (χ0) is 15.4. The third-order valence-electron chi connectivity index (χ3n) is 2.59. The fourth-order valence-electron chi connectivity index (χ4n) is 1.54. The molecule has 1 aromatic carbocycles. The van der Waals surface area contributed by atoms with E-state index in [1.807, 2.05) is 6.92 Å². The summed E-state index contributed by atoms with van der Waals surface area (Å²) < 4.78 is 0. The molecule has 21 heavy (non-hydrogen) atoms. The van der Waals surface area contributed by atoms with Gasteiger partial charge in [-0.05, 0) is 31.2 Å². The quantitative estimate of drug-likeness (QED) is 0.669. The molecule has 108 valence electrons. The standard InChI is InChI=1S/C13H11N3O4S/c1-8-2-7-11(21-8)13(18)15-14-12(17)9-3-5-10(6-4-9)16(19)20/h2-7H,1H3,(H,14,17)(H,15,18). The number of hydrogen-bond acceptors (Lipinski definition) is 5. The van der Waals surface area contributed by atoms with Crippen molar-refractivity contribution < 1.29 is 14.5 Å². The molecule has 0 aliphatic heterocycles. The molecule has 2 rings (SSSR count). The van der Waals surface area contributed by atoms with Gasteiger partial charge >= 0.3 is 0 Å². The SMILES string of the molecule is Cc1ccc(C(=O)NNC(=O)c2ccc([N+](=O)[O-])cc2)s1. The van der Waals surface area contributed by atoms with Crippen molar-refractivity contribution in [2.45, 2.75) is 6.92 Å². The average Bonchev–Trinajstić information content (AvgIpc) is 2.91. The van der Waals surface area contributed by atoms with Gasteiger partial charge in [0.2, 0.25) is 0 Å². The molecule has 0 spiro atoms. The maximum absolute atomic E-state index is 11.8. The summed E-state index contributed by atoms with van der Waals surface area (Å²) in [5.74, 6) is -0.963. The second kappa shape index (κ2) is 6.14. The summed E-state index contributed by atoms with van der Waals surface area (Å²) in [5.41, 5.74) is 4.64. The highest BCUT2D eigenvalue weighted by Crippen LogP contribution is 2.14. The van der Waals surface area contributed by atoms with Gasteiger partial charge in [-0.15, -0.1) is 11.3 Å². The van der Waals surface area contributed by atoms with Crippen LogP contribution < -0.4 is 10.9 Å². The number of nitrogens with zero attached hydrogens (tertiary/aromatic N) is 1. The molecular weight excluding hydrogens is 294 g/mol. The van der Waals surface area contributed by atoms with Crippen molar-refractivity contribution in [3.8, 4) is 0 Å². The van der Waals surface area contributed by atoms with Crippen LogP contribution in [0.25, 0.3) is 0 Å². The van der Waals surface area contributed by atoms with E-state index in [1.54, 1.807) is 12.1 Å². The van der Waals surface area contributed by atoms with Gasteiger partial charge in [-0.2, -0.15) is 0 Å². The minimum atomic E-state index is -0.553. The number of nitro benzene ring substituents is 1. The number of benzene rings is 1. The third kappa shape index (κ3) is 3.63. The number of non-ortho nitro benzene ring substituents is 1. The number of aryl methyl sites for hydroxylation is 1. The highest BCUT2D eigenvalue weighted by molar-refractivity contribution is 7.13. The lowest BCUT2D eigenvalue weighted by Gasteiger charge is -2.06. The van der Waals surface area contributed by atoms with E-state index in [9.17, 15) is 19.7 Å². The molecule has 0 atom stereocenters. The number of nitrogens with one attached hydrogen (secondary N) is 2. The van der Waals surface area contributed by atoms with Gasteiger partial charge in [0.25, 0.3) is 17.5 Å². The number of nitro groups is 1. The Balaban J connectivity index is 1.95. The Kier molecular flexibility index (Phi) is 4.29. The molecule has 0 aliphatic carbocycles. The zero-order valence-corrected chi connectivity index (χ0v) is 11.8. The highest BCUT2D eigenvalue weighted by atomic mass is 32.1. The second-order valence-electron chi connectivity index (χ2n) is 4.12. The van der Waals surface area contributed by atoms with E-state index in [-0.39, 0.29) is 11.3 Å². The van der Waals surface area contributed by atoms with Crippen molar-refractivity contribution in [2.75, 3.05) is 0 Å². The summed E-state index contributed by atoms with van der Waals surface area (Å²) >= 11 is 1.31. The number of carbonyl (C=O) groups is 2. The van der Waals surface area contributed by atoms with Gasteiger partial charge in [-0.1, -0.05) is 0 Å². The second-order valence-corrected chi connectivity index (χ2v) is 5.41. The normalized spacial score (nSPS) is 9.95. The lowest BCUT2D eigenvalue weighted by Crippen LogP contribution is -2.41.